The number of hydrogen-bond donors (Lipinski definition) is 1. The Labute approximate surface area is 85.5 Å². The highest BCUT2D eigenvalue weighted by atomic mass is 19.1. The van der Waals surface area contributed by atoms with E-state index in [1.165, 1.54) is 0 Å². The number of hydrogen-bond acceptors (Lipinski definition) is 1. The van der Waals surface area contributed by atoms with Gasteiger partial charge in [-0.2, -0.15) is 0 Å². The molecule has 0 saturated heterocycles. The van der Waals surface area contributed by atoms with Crippen LogP contribution in [0.25, 0.3) is 0 Å². The highest BCUT2D eigenvalue weighted by molar-refractivity contribution is 5.77. The van der Waals surface area contributed by atoms with Crippen molar-refractivity contribution in [3.05, 3.63) is 0 Å². The van der Waals surface area contributed by atoms with Crippen molar-refractivity contribution in [3.63, 3.8) is 0 Å². The molecule has 1 unspecified atom stereocenters. The van der Waals surface area contributed by atoms with Gasteiger partial charge >= 0.3 is 5.97 Å². The van der Waals surface area contributed by atoms with Crippen LogP contribution >= 0.6 is 0 Å². The number of carboxylic acids is 1. The van der Waals surface area contributed by atoms with Crippen molar-refractivity contribution in [3.8, 4) is 0 Å². The Balaban J connectivity index is 3.90. The topological polar surface area (TPSA) is 37.3 Å². The largest absolute Gasteiger partial charge is 0.479 e. The SMILES string of the molecule is CCCCCCC(F)(CCC)C(=O)O. The average molecular weight is 204 g/mol. The maximum Gasteiger partial charge on any atom is 0.341 e. The van der Waals surface area contributed by atoms with E-state index in [0.29, 0.717) is 12.8 Å². The summed E-state index contributed by atoms with van der Waals surface area (Å²) < 4.78 is 13.7. The van der Waals surface area contributed by atoms with Crippen molar-refractivity contribution >= 4 is 5.97 Å². The van der Waals surface area contributed by atoms with Gasteiger partial charge in [-0.15, -0.1) is 0 Å². The monoisotopic (exact) mass is 204 g/mol. The van der Waals surface area contributed by atoms with Gasteiger partial charge in [0.05, 0.1) is 0 Å². The van der Waals surface area contributed by atoms with E-state index in [0.717, 1.165) is 19.3 Å². The molecule has 0 fully saturated rings. The minimum absolute atomic E-state index is 0.133. The molecule has 0 spiro atoms. The average Bonchev–Trinajstić information content (AvgIpc) is 2.13. The van der Waals surface area contributed by atoms with Crippen molar-refractivity contribution in [1.29, 1.82) is 0 Å². The Morgan fingerprint density at radius 3 is 2.21 bits per heavy atom. The summed E-state index contributed by atoms with van der Waals surface area (Å²) in [6.45, 7) is 3.88. The molecule has 3 heteroatoms. The van der Waals surface area contributed by atoms with Gasteiger partial charge in [-0.3, -0.25) is 0 Å². The first-order chi connectivity index (χ1) is 6.56. The highest BCUT2D eigenvalue weighted by Crippen LogP contribution is 2.26. The van der Waals surface area contributed by atoms with Crippen LogP contribution in [-0.4, -0.2) is 16.7 Å². The van der Waals surface area contributed by atoms with E-state index in [1.807, 2.05) is 6.92 Å². The quantitative estimate of drug-likeness (QED) is 0.614. The lowest BCUT2D eigenvalue weighted by atomic mass is 9.93. The number of unbranched alkanes of at least 4 members (excludes halogenated alkanes) is 3. The van der Waals surface area contributed by atoms with Gasteiger partial charge in [0.2, 0.25) is 5.67 Å². The molecule has 0 aliphatic rings. The second-order valence-electron chi connectivity index (χ2n) is 3.83. The van der Waals surface area contributed by atoms with E-state index in [1.54, 1.807) is 0 Å². The molecule has 0 saturated carbocycles. The van der Waals surface area contributed by atoms with Crippen LogP contribution in [0, 0.1) is 0 Å². The summed E-state index contributed by atoms with van der Waals surface area (Å²) in [6, 6.07) is 0. The Morgan fingerprint density at radius 1 is 1.14 bits per heavy atom. The summed E-state index contributed by atoms with van der Waals surface area (Å²) in [5.41, 5.74) is -1.98. The molecule has 0 aliphatic heterocycles. The fourth-order valence-electron chi connectivity index (χ4n) is 1.57. The third-order valence-electron chi connectivity index (χ3n) is 2.46. The standard InChI is InChI=1S/C11H21FO2/c1-3-5-6-7-9-11(12,8-4-2)10(13)14/h3-9H2,1-2H3,(H,13,14). The molecule has 14 heavy (non-hydrogen) atoms. The molecular weight excluding hydrogens is 183 g/mol. The predicted molar refractivity (Wildman–Crippen MR) is 55.1 cm³/mol. The first-order valence-electron chi connectivity index (χ1n) is 5.49. The van der Waals surface area contributed by atoms with E-state index in [-0.39, 0.29) is 12.8 Å². The van der Waals surface area contributed by atoms with E-state index < -0.39 is 11.6 Å². The fraction of sp³-hybridized carbons (Fsp3) is 0.909. The van der Waals surface area contributed by atoms with Crippen LogP contribution in [0.1, 0.15) is 58.8 Å². The minimum atomic E-state index is -1.98. The summed E-state index contributed by atoms with van der Waals surface area (Å²) >= 11 is 0. The van der Waals surface area contributed by atoms with Crippen molar-refractivity contribution < 1.29 is 14.3 Å². The van der Waals surface area contributed by atoms with Crippen molar-refractivity contribution in [2.24, 2.45) is 0 Å². The van der Waals surface area contributed by atoms with Crippen molar-refractivity contribution in [1.82, 2.24) is 0 Å². The molecular formula is C11H21FO2. The Kier molecular flexibility index (Phi) is 6.50. The molecule has 1 N–H and O–H groups in total. The van der Waals surface area contributed by atoms with Crippen LogP contribution in [0.5, 0.6) is 0 Å². The lowest BCUT2D eigenvalue weighted by Crippen LogP contribution is -2.33. The Bertz CT molecular complexity index is 171. The van der Waals surface area contributed by atoms with Crippen LogP contribution < -0.4 is 0 Å². The minimum Gasteiger partial charge on any atom is -0.479 e. The third-order valence-corrected chi connectivity index (χ3v) is 2.46. The highest BCUT2D eigenvalue weighted by Gasteiger charge is 2.36. The first-order valence-corrected chi connectivity index (χ1v) is 5.49. The van der Waals surface area contributed by atoms with Gasteiger partial charge < -0.3 is 5.11 Å². The van der Waals surface area contributed by atoms with Gasteiger partial charge in [-0.1, -0.05) is 39.5 Å². The normalized spacial score (nSPS) is 15.1. The van der Waals surface area contributed by atoms with Crippen molar-refractivity contribution in [2.75, 3.05) is 0 Å². The summed E-state index contributed by atoms with van der Waals surface area (Å²) in [6.07, 6.45) is 4.62. The van der Waals surface area contributed by atoms with Crippen LogP contribution in [0.2, 0.25) is 0 Å². The number of halogens is 1. The van der Waals surface area contributed by atoms with E-state index >= 15 is 0 Å². The Morgan fingerprint density at radius 2 is 1.79 bits per heavy atom. The lowest BCUT2D eigenvalue weighted by molar-refractivity contribution is -0.152. The second kappa shape index (κ2) is 6.80. The number of aliphatic carboxylic acids is 1. The number of alkyl halides is 1. The smallest absolute Gasteiger partial charge is 0.341 e. The molecule has 0 aromatic heterocycles. The fourth-order valence-corrected chi connectivity index (χ4v) is 1.57. The Hall–Kier alpha value is -0.600. The van der Waals surface area contributed by atoms with Gasteiger partial charge in [-0.05, 0) is 19.3 Å². The van der Waals surface area contributed by atoms with Gasteiger partial charge in [0, 0.05) is 0 Å². The molecule has 0 bridgehead atoms. The van der Waals surface area contributed by atoms with E-state index in [9.17, 15) is 9.18 Å². The molecule has 0 rings (SSSR count). The summed E-state index contributed by atoms with van der Waals surface area (Å²) in [5.74, 6) is -1.30. The third kappa shape index (κ3) is 4.58. The van der Waals surface area contributed by atoms with E-state index in [2.05, 4.69) is 6.92 Å². The molecule has 0 aromatic rings. The first kappa shape index (κ1) is 13.4. The van der Waals surface area contributed by atoms with Gasteiger partial charge in [0.15, 0.2) is 0 Å². The van der Waals surface area contributed by atoms with E-state index in [4.69, 9.17) is 5.11 Å². The molecule has 84 valence electrons. The van der Waals surface area contributed by atoms with Gasteiger partial charge in [0.25, 0.3) is 0 Å². The molecule has 0 amide bonds. The van der Waals surface area contributed by atoms with Crippen molar-refractivity contribution in [2.45, 2.75) is 64.5 Å². The predicted octanol–water partition coefficient (Wildman–Crippen LogP) is 3.55. The maximum absolute atomic E-state index is 13.7. The number of carboxylic acid groups (broad SMARTS) is 1. The molecule has 0 aromatic carbocycles. The van der Waals surface area contributed by atoms with Crippen LogP contribution in [0.4, 0.5) is 4.39 Å². The molecule has 0 heterocycles. The van der Waals surface area contributed by atoms with Gasteiger partial charge in [0.1, 0.15) is 0 Å². The second-order valence-corrected chi connectivity index (χ2v) is 3.83. The van der Waals surface area contributed by atoms with Gasteiger partial charge in [-0.25, -0.2) is 9.18 Å². The van der Waals surface area contributed by atoms with Crippen LogP contribution in [-0.2, 0) is 4.79 Å². The molecule has 0 radical (unpaired) electrons. The van der Waals surface area contributed by atoms with Crippen LogP contribution in [0.15, 0.2) is 0 Å². The summed E-state index contributed by atoms with van der Waals surface area (Å²) in [7, 11) is 0. The van der Waals surface area contributed by atoms with Crippen LogP contribution in [0.3, 0.4) is 0 Å². The number of rotatable bonds is 8. The summed E-state index contributed by atoms with van der Waals surface area (Å²) in [5, 5.41) is 8.75. The zero-order valence-corrected chi connectivity index (χ0v) is 9.18. The lowest BCUT2D eigenvalue weighted by Gasteiger charge is -2.19. The molecule has 1 atom stereocenters. The molecule has 2 nitrogen and oxygen atoms in total. The molecule has 0 aliphatic carbocycles. The maximum atomic E-state index is 13.7. The summed E-state index contributed by atoms with van der Waals surface area (Å²) in [4.78, 5) is 10.7. The number of carbonyl (C=O) groups is 1. The zero-order chi connectivity index (χ0) is 11.0. The zero-order valence-electron chi connectivity index (χ0n) is 9.18.